The molecule has 116 valence electrons. The Labute approximate surface area is 115 Å². The summed E-state index contributed by atoms with van der Waals surface area (Å²) >= 11 is 0. The van der Waals surface area contributed by atoms with E-state index in [2.05, 4.69) is 0 Å². The van der Waals surface area contributed by atoms with Gasteiger partial charge in [-0.15, -0.1) is 0 Å². The maximum absolute atomic E-state index is 12.0. The Bertz CT molecular complexity index is 377. The molecule has 0 aromatic heterocycles. The molecular weight excluding hydrogens is 277 g/mol. The smallest absolute Gasteiger partial charge is 0.410 e. The summed E-state index contributed by atoms with van der Waals surface area (Å²) in [4.78, 5) is 24.6. The van der Waals surface area contributed by atoms with Crippen molar-refractivity contribution in [2.24, 2.45) is 5.92 Å². The van der Waals surface area contributed by atoms with Crippen LogP contribution in [0.1, 0.15) is 27.2 Å². The van der Waals surface area contributed by atoms with Crippen molar-refractivity contribution in [3.63, 3.8) is 0 Å². The number of amides is 2. The third kappa shape index (κ3) is 5.66. The molecule has 0 saturated carbocycles. The van der Waals surface area contributed by atoms with Crippen LogP contribution in [0.25, 0.3) is 0 Å². The highest BCUT2D eigenvalue weighted by Gasteiger charge is 2.35. The fraction of sp³-hybridized carbons (Fsp3) is 0.833. The minimum atomic E-state index is -4.43. The van der Waals surface area contributed by atoms with Gasteiger partial charge in [0.1, 0.15) is 12.1 Å². The Balaban J connectivity index is 2.43. The fourth-order valence-corrected chi connectivity index (χ4v) is 1.80. The second-order valence-electron chi connectivity index (χ2n) is 5.74. The molecule has 0 bridgehead atoms. The standard InChI is InChI=1S/C12H19F3N2O3/c1-11(2,3)20-10(19)17-5-4-8(6-17)9(18)16-7-12(13,14)15/h8H,4-7H2,1-3H3,(H,16,18). The van der Waals surface area contributed by atoms with Gasteiger partial charge in [0.05, 0.1) is 5.92 Å². The summed E-state index contributed by atoms with van der Waals surface area (Å²) < 4.78 is 41.1. The van der Waals surface area contributed by atoms with Gasteiger partial charge in [-0.05, 0) is 27.2 Å². The highest BCUT2D eigenvalue weighted by molar-refractivity contribution is 5.80. The average Bonchev–Trinajstić information content (AvgIpc) is 2.71. The first kappa shape index (κ1) is 16.6. The molecule has 1 atom stereocenters. The van der Waals surface area contributed by atoms with Crippen molar-refractivity contribution in [3.8, 4) is 0 Å². The molecule has 1 rings (SSSR count). The van der Waals surface area contributed by atoms with Gasteiger partial charge >= 0.3 is 12.3 Å². The first-order valence-corrected chi connectivity index (χ1v) is 6.30. The molecule has 1 aliphatic rings. The number of nitrogens with one attached hydrogen (secondary N) is 1. The van der Waals surface area contributed by atoms with E-state index in [1.54, 1.807) is 20.8 Å². The molecule has 1 aliphatic heterocycles. The van der Waals surface area contributed by atoms with Crippen molar-refractivity contribution in [2.75, 3.05) is 19.6 Å². The molecule has 1 saturated heterocycles. The summed E-state index contributed by atoms with van der Waals surface area (Å²) in [5.74, 6) is -1.31. The largest absolute Gasteiger partial charge is 0.444 e. The van der Waals surface area contributed by atoms with Crippen LogP contribution in [0.2, 0.25) is 0 Å². The predicted molar refractivity (Wildman–Crippen MR) is 65.0 cm³/mol. The van der Waals surface area contributed by atoms with Crippen molar-refractivity contribution in [3.05, 3.63) is 0 Å². The summed E-state index contributed by atoms with van der Waals surface area (Å²) in [5.41, 5.74) is -0.645. The van der Waals surface area contributed by atoms with Gasteiger partial charge < -0.3 is 15.0 Å². The maximum atomic E-state index is 12.0. The Morgan fingerprint density at radius 2 is 1.90 bits per heavy atom. The molecular formula is C12H19F3N2O3. The number of nitrogens with zero attached hydrogens (tertiary/aromatic N) is 1. The zero-order chi connectivity index (χ0) is 15.6. The van der Waals surface area contributed by atoms with Crippen LogP contribution >= 0.6 is 0 Å². The van der Waals surface area contributed by atoms with E-state index in [1.165, 1.54) is 4.90 Å². The molecule has 1 unspecified atom stereocenters. The van der Waals surface area contributed by atoms with Crippen LogP contribution in [0.5, 0.6) is 0 Å². The normalized spacial score (nSPS) is 19.9. The molecule has 0 aromatic rings. The van der Waals surface area contributed by atoms with E-state index in [1.807, 2.05) is 5.32 Å². The van der Waals surface area contributed by atoms with Crippen molar-refractivity contribution < 1.29 is 27.5 Å². The summed E-state index contributed by atoms with van der Waals surface area (Å²) in [6, 6.07) is 0. The Morgan fingerprint density at radius 3 is 2.40 bits per heavy atom. The zero-order valence-corrected chi connectivity index (χ0v) is 11.7. The SMILES string of the molecule is CC(C)(C)OC(=O)N1CCC(C(=O)NCC(F)(F)F)C1. The summed E-state index contributed by atoms with van der Waals surface area (Å²) in [6.45, 7) is 4.18. The van der Waals surface area contributed by atoms with E-state index in [4.69, 9.17) is 4.74 Å². The lowest BCUT2D eigenvalue weighted by molar-refractivity contribution is -0.140. The summed E-state index contributed by atoms with van der Waals surface area (Å²) in [6.07, 6.45) is -4.65. The monoisotopic (exact) mass is 296 g/mol. The van der Waals surface area contributed by atoms with E-state index in [0.29, 0.717) is 13.0 Å². The Morgan fingerprint density at radius 1 is 1.30 bits per heavy atom. The van der Waals surface area contributed by atoms with E-state index < -0.39 is 36.2 Å². The Hall–Kier alpha value is -1.47. The minimum Gasteiger partial charge on any atom is -0.444 e. The van der Waals surface area contributed by atoms with Crippen LogP contribution in [0, 0.1) is 5.92 Å². The van der Waals surface area contributed by atoms with Gasteiger partial charge in [0.2, 0.25) is 5.91 Å². The molecule has 8 heteroatoms. The third-order valence-electron chi connectivity index (χ3n) is 2.67. The minimum absolute atomic E-state index is 0.0819. The third-order valence-corrected chi connectivity index (χ3v) is 2.67. The fourth-order valence-electron chi connectivity index (χ4n) is 1.80. The van der Waals surface area contributed by atoms with Crippen LogP contribution in [0.4, 0.5) is 18.0 Å². The molecule has 5 nitrogen and oxygen atoms in total. The van der Waals surface area contributed by atoms with Gasteiger partial charge in [0.25, 0.3) is 0 Å². The highest BCUT2D eigenvalue weighted by Crippen LogP contribution is 2.20. The van der Waals surface area contributed by atoms with Crippen molar-refractivity contribution in [1.82, 2.24) is 10.2 Å². The lowest BCUT2D eigenvalue weighted by Gasteiger charge is -2.24. The number of carbonyl (C=O) groups is 2. The quantitative estimate of drug-likeness (QED) is 0.847. The van der Waals surface area contributed by atoms with Gasteiger partial charge in [-0.2, -0.15) is 13.2 Å². The van der Waals surface area contributed by atoms with E-state index in [0.717, 1.165) is 0 Å². The van der Waals surface area contributed by atoms with Crippen LogP contribution in [0.3, 0.4) is 0 Å². The van der Waals surface area contributed by atoms with Crippen LogP contribution in [-0.2, 0) is 9.53 Å². The molecule has 2 amide bonds. The zero-order valence-electron chi connectivity index (χ0n) is 11.7. The maximum Gasteiger partial charge on any atom is 0.410 e. The van der Waals surface area contributed by atoms with Gasteiger partial charge in [-0.3, -0.25) is 4.79 Å². The number of hydrogen-bond donors (Lipinski definition) is 1. The van der Waals surface area contributed by atoms with Gasteiger partial charge in [0.15, 0.2) is 0 Å². The number of halogens is 3. The van der Waals surface area contributed by atoms with Crippen LogP contribution in [0.15, 0.2) is 0 Å². The van der Waals surface area contributed by atoms with E-state index in [-0.39, 0.29) is 6.54 Å². The first-order chi connectivity index (χ1) is 8.98. The number of hydrogen-bond acceptors (Lipinski definition) is 3. The lowest BCUT2D eigenvalue weighted by atomic mass is 10.1. The molecule has 1 heterocycles. The van der Waals surface area contributed by atoms with Gasteiger partial charge in [-0.1, -0.05) is 0 Å². The van der Waals surface area contributed by atoms with Crippen molar-refractivity contribution in [2.45, 2.75) is 39.0 Å². The Kier molecular flexibility index (Phi) is 4.88. The highest BCUT2D eigenvalue weighted by atomic mass is 19.4. The number of likely N-dealkylation sites (tertiary alicyclic amines) is 1. The van der Waals surface area contributed by atoms with Crippen LogP contribution in [-0.4, -0.2) is 48.3 Å². The van der Waals surface area contributed by atoms with E-state index >= 15 is 0 Å². The molecule has 1 fully saturated rings. The molecule has 0 spiro atoms. The second-order valence-corrected chi connectivity index (χ2v) is 5.74. The topological polar surface area (TPSA) is 58.6 Å². The number of carbonyl (C=O) groups excluding carboxylic acids is 2. The van der Waals surface area contributed by atoms with Gasteiger partial charge in [-0.25, -0.2) is 4.79 Å². The average molecular weight is 296 g/mol. The van der Waals surface area contributed by atoms with Crippen molar-refractivity contribution >= 4 is 12.0 Å². The lowest BCUT2D eigenvalue weighted by Crippen LogP contribution is -2.40. The molecule has 1 N–H and O–H groups in total. The second kappa shape index (κ2) is 5.88. The van der Waals surface area contributed by atoms with Crippen molar-refractivity contribution in [1.29, 1.82) is 0 Å². The van der Waals surface area contributed by atoms with Gasteiger partial charge in [0, 0.05) is 13.1 Å². The first-order valence-electron chi connectivity index (χ1n) is 6.30. The number of alkyl halides is 3. The number of rotatable bonds is 2. The molecule has 0 aromatic carbocycles. The molecule has 20 heavy (non-hydrogen) atoms. The predicted octanol–water partition coefficient (Wildman–Crippen LogP) is 1.92. The number of ether oxygens (including phenoxy) is 1. The van der Waals surface area contributed by atoms with E-state index in [9.17, 15) is 22.8 Å². The summed E-state index contributed by atoms with van der Waals surface area (Å²) in [7, 11) is 0. The summed E-state index contributed by atoms with van der Waals surface area (Å²) in [5, 5.41) is 1.83. The molecule has 0 radical (unpaired) electrons. The van der Waals surface area contributed by atoms with Crippen LogP contribution < -0.4 is 5.32 Å². The molecule has 0 aliphatic carbocycles.